The molecule has 18 heavy (non-hydrogen) atoms. The summed E-state index contributed by atoms with van der Waals surface area (Å²) in [6, 6.07) is 0. The lowest BCUT2D eigenvalue weighted by molar-refractivity contribution is 0.793. The summed E-state index contributed by atoms with van der Waals surface area (Å²) in [6.45, 7) is 5.54. The third kappa shape index (κ3) is 3.44. The van der Waals surface area contributed by atoms with Gasteiger partial charge in [-0.1, -0.05) is 20.3 Å². The highest BCUT2D eigenvalue weighted by Gasteiger charge is 2.27. The molecule has 2 heterocycles. The van der Waals surface area contributed by atoms with E-state index in [4.69, 9.17) is 4.98 Å². The fourth-order valence-electron chi connectivity index (χ4n) is 2.16. The number of aromatic nitrogens is 1. The predicted molar refractivity (Wildman–Crippen MR) is 86.0 cm³/mol. The van der Waals surface area contributed by atoms with Crippen molar-refractivity contribution in [1.29, 1.82) is 0 Å². The summed E-state index contributed by atoms with van der Waals surface area (Å²) < 4.78 is 0. The molecular formula is C13H22N2S3. The largest absolute Gasteiger partial charge is 0.315 e. The van der Waals surface area contributed by atoms with Gasteiger partial charge in [-0.25, -0.2) is 4.98 Å². The van der Waals surface area contributed by atoms with Gasteiger partial charge < -0.3 is 5.32 Å². The number of rotatable bonds is 5. The number of thiazole rings is 1. The number of nitrogens with one attached hydrogen (secondary N) is 1. The first-order valence-corrected chi connectivity index (χ1v) is 9.54. The summed E-state index contributed by atoms with van der Waals surface area (Å²) >= 11 is 6.11. The van der Waals surface area contributed by atoms with Crippen molar-refractivity contribution in [2.75, 3.05) is 18.6 Å². The summed E-state index contributed by atoms with van der Waals surface area (Å²) in [5, 5.41) is 5.93. The van der Waals surface area contributed by atoms with Crippen molar-refractivity contribution in [3.05, 3.63) is 15.6 Å². The minimum absolute atomic E-state index is 0.606. The van der Waals surface area contributed by atoms with Crippen molar-refractivity contribution >= 4 is 34.9 Å². The van der Waals surface area contributed by atoms with Crippen LogP contribution in [0.5, 0.6) is 0 Å². The maximum absolute atomic E-state index is 4.94. The number of nitrogens with zero attached hydrogens (tertiary/aromatic N) is 1. The van der Waals surface area contributed by atoms with E-state index < -0.39 is 0 Å². The zero-order valence-corrected chi connectivity index (χ0v) is 13.8. The van der Waals surface area contributed by atoms with Gasteiger partial charge in [0.15, 0.2) is 0 Å². The van der Waals surface area contributed by atoms with E-state index >= 15 is 0 Å². The van der Waals surface area contributed by atoms with E-state index in [1.807, 2.05) is 18.4 Å². The Morgan fingerprint density at radius 3 is 2.78 bits per heavy atom. The van der Waals surface area contributed by atoms with Crippen LogP contribution < -0.4 is 5.32 Å². The molecule has 1 N–H and O–H groups in total. The molecule has 0 radical (unpaired) electrons. The van der Waals surface area contributed by atoms with Crippen LogP contribution >= 0.6 is 34.9 Å². The van der Waals surface area contributed by atoms with Crippen LogP contribution in [0.4, 0.5) is 0 Å². The lowest BCUT2D eigenvalue weighted by Crippen LogP contribution is -2.15. The Morgan fingerprint density at radius 1 is 1.33 bits per heavy atom. The highest BCUT2D eigenvalue weighted by atomic mass is 32.2. The highest BCUT2D eigenvalue weighted by Crippen LogP contribution is 2.44. The molecule has 0 saturated carbocycles. The molecule has 0 aliphatic carbocycles. The van der Waals surface area contributed by atoms with Crippen LogP contribution in [0.1, 0.15) is 41.1 Å². The number of aryl methyl sites for hydroxylation is 1. The Morgan fingerprint density at radius 2 is 2.11 bits per heavy atom. The molecule has 2 rings (SSSR count). The summed E-state index contributed by atoms with van der Waals surface area (Å²) in [6.07, 6.45) is 2.30. The molecule has 1 aromatic rings. The second kappa shape index (κ2) is 7.17. The van der Waals surface area contributed by atoms with E-state index in [2.05, 4.69) is 42.7 Å². The first-order chi connectivity index (χ1) is 8.76. The van der Waals surface area contributed by atoms with Crippen molar-refractivity contribution in [3.63, 3.8) is 0 Å². The van der Waals surface area contributed by atoms with Crippen molar-refractivity contribution < 1.29 is 0 Å². The van der Waals surface area contributed by atoms with Crippen molar-refractivity contribution in [3.8, 4) is 0 Å². The second-order valence-corrected chi connectivity index (χ2v) is 8.42. The van der Waals surface area contributed by atoms with Crippen LogP contribution in [0.25, 0.3) is 0 Å². The maximum atomic E-state index is 4.94. The third-order valence-corrected chi connectivity index (χ3v) is 7.48. The molecule has 0 spiro atoms. The Kier molecular flexibility index (Phi) is 5.86. The Labute approximate surface area is 123 Å². The lowest BCUT2D eigenvalue weighted by atomic mass is 10.2. The zero-order valence-electron chi connectivity index (χ0n) is 11.4. The summed E-state index contributed by atoms with van der Waals surface area (Å²) in [7, 11) is 2.02. The predicted octanol–water partition coefficient (Wildman–Crippen LogP) is 3.72. The van der Waals surface area contributed by atoms with Gasteiger partial charge in [-0.2, -0.15) is 11.8 Å². The zero-order chi connectivity index (χ0) is 13.0. The fourth-order valence-corrected chi connectivity index (χ4v) is 6.44. The van der Waals surface area contributed by atoms with E-state index in [1.165, 1.54) is 33.5 Å². The lowest BCUT2D eigenvalue weighted by Gasteiger charge is -2.25. The maximum Gasteiger partial charge on any atom is 0.107 e. The van der Waals surface area contributed by atoms with E-state index in [-0.39, 0.29) is 0 Å². The van der Waals surface area contributed by atoms with Gasteiger partial charge in [0.2, 0.25) is 0 Å². The molecule has 1 aromatic heterocycles. The second-order valence-electron chi connectivity index (χ2n) is 4.57. The van der Waals surface area contributed by atoms with Crippen LogP contribution in [0, 0.1) is 0 Å². The van der Waals surface area contributed by atoms with Gasteiger partial charge in [-0.15, -0.1) is 23.1 Å². The summed E-state index contributed by atoms with van der Waals surface area (Å²) in [4.78, 5) is 6.38. The Hall–Kier alpha value is 0.290. The highest BCUT2D eigenvalue weighted by molar-refractivity contribution is 8.06. The van der Waals surface area contributed by atoms with E-state index in [0.717, 1.165) is 13.0 Å². The Bertz CT molecular complexity index is 355. The quantitative estimate of drug-likeness (QED) is 0.896. The molecule has 2 unspecified atom stereocenters. The molecule has 0 aromatic carbocycles. The van der Waals surface area contributed by atoms with Gasteiger partial charge in [0, 0.05) is 28.2 Å². The SMILES string of the molecule is CCCc1nc(C2SCCSC2C)sc1CNC. The first kappa shape index (κ1) is 14.7. The smallest absolute Gasteiger partial charge is 0.107 e. The Balaban J connectivity index is 2.18. The van der Waals surface area contributed by atoms with Gasteiger partial charge in [-0.05, 0) is 13.5 Å². The van der Waals surface area contributed by atoms with Gasteiger partial charge >= 0.3 is 0 Å². The normalized spacial score (nSPS) is 24.4. The van der Waals surface area contributed by atoms with Crippen LogP contribution in [-0.4, -0.2) is 28.8 Å². The molecule has 1 fully saturated rings. The fraction of sp³-hybridized carbons (Fsp3) is 0.769. The molecule has 5 heteroatoms. The molecule has 0 bridgehead atoms. The standard InChI is InChI=1S/C13H22N2S3/c1-4-5-10-11(8-14-3)18-13(15-10)12-9(2)16-6-7-17-12/h9,12,14H,4-8H2,1-3H3. The molecule has 1 aliphatic heterocycles. The molecule has 1 saturated heterocycles. The van der Waals surface area contributed by atoms with Crippen LogP contribution in [0.3, 0.4) is 0 Å². The molecular weight excluding hydrogens is 280 g/mol. The van der Waals surface area contributed by atoms with Crippen molar-refractivity contribution in [1.82, 2.24) is 10.3 Å². The number of hydrogen-bond donors (Lipinski definition) is 1. The van der Waals surface area contributed by atoms with Gasteiger partial charge in [0.1, 0.15) is 5.01 Å². The van der Waals surface area contributed by atoms with Crippen LogP contribution in [-0.2, 0) is 13.0 Å². The van der Waals surface area contributed by atoms with Crippen LogP contribution in [0.15, 0.2) is 0 Å². The average molecular weight is 303 g/mol. The monoisotopic (exact) mass is 302 g/mol. The molecule has 102 valence electrons. The average Bonchev–Trinajstić information content (AvgIpc) is 2.74. The van der Waals surface area contributed by atoms with Crippen LogP contribution in [0.2, 0.25) is 0 Å². The van der Waals surface area contributed by atoms with Gasteiger partial charge in [0.05, 0.1) is 10.9 Å². The first-order valence-electron chi connectivity index (χ1n) is 6.62. The van der Waals surface area contributed by atoms with Crippen molar-refractivity contribution in [2.24, 2.45) is 0 Å². The molecule has 1 aliphatic rings. The summed E-state index contributed by atoms with van der Waals surface area (Å²) in [5.41, 5.74) is 1.33. The molecule has 2 nitrogen and oxygen atoms in total. The van der Waals surface area contributed by atoms with Gasteiger partial charge in [0.25, 0.3) is 0 Å². The molecule has 0 amide bonds. The van der Waals surface area contributed by atoms with Crippen molar-refractivity contribution in [2.45, 2.75) is 43.7 Å². The van der Waals surface area contributed by atoms with E-state index in [9.17, 15) is 0 Å². The topological polar surface area (TPSA) is 24.9 Å². The number of hydrogen-bond acceptors (Lipinski definition) is 5. The summed E-state index contributed by atoms with van der Waals surface area (Å²) in [5.74, 6) is 2.56. The number of thioether (sulfide) groups is 2. The minimum Gasteiger partial charge on any atom is -0.315 e. The molecule has 2 atom stereocenters. The van der Waals surface area contributed by atoms with E-state index in [0.29, 0.717) is 10.5 Å². The minimum atomic E-state index is 0.606. The van der Waals surface area contributed by atoms with Gasteiger partial charge in [-0.3, -0.25) is 0 Å². The van der Waals surface area contributed by atoms with E-state index in [1.54, 1.807) is 0 Å². The third-order valence-electron chi connectivity index (χ3n) is 3.05.